The van der Waals surface area contributed by atoms with E-state index < -0.39 is 5.91 Å². The fraction of sp³-hybridized carbons (Fsp3) is 0.529. The van der Waals surface area contributed by atoms with Crippen molar-refractivity contribution in [2.75, 3.05) is 0 Å². The van der Waals surface area contributed by atoms with Gasteiger partial charge in [-0.25, -0.2) is 0 Å². The summed E-state index contributed by atoms with van der Waals surface area (Å²) in [5.41, 5.74) is 3.45. The number of aryl methyl sites for hydroxylation is 1. The lowest BCUT2D eigenvalue weighted by atomic mass is 9.63. The molecule has 2 saturated carbocycles. The number of imide groups is 1. The third-order valence-corrected chi connectivity index (χ3v) is 7.30. The molecular weight excluding hydrogens is 388 g/mol. The first kappa shape index (κ1) is 15.3. The Morgan fingerprint density at radius 1 is 1.20 bits per heavy atom. The van der Waals surface area contributed by atoms with Gasteiger partial charge in [0.05, 0.1) is 22.0 Å². The molecule has 5 aliphatic rings. The van der Waals surface area contributed by atoms with Gasteiger partial charge in [-0.1, -0.05) is 12.2 Å². The van der Waals surface area contributed by atoms with Gasteiger partial charge in [0, 0.05) is 7.05 Å². The van der Waals surface area contributed by atoms with Crippen LogP contribution >= 0.6 is 15.9 Å². The van der Waals surface area contributed by atoms with Crippen LogP contribution in [0.25, 0.3) is 0 Å². The summed E-state index contributed by atoms with van der Waals surface area (Å²) in [6.45, 7) is 1.82. The van der Waals surface area contributed by atoms with Gasteiger partial charge in [-0.05, 0) is 52.9 Å². The third-order valence-electron chi connectivity index (χ3n) is 6.35. The Balaban J connectivity index is 1.42. The number of nitrogens with one attached hydrogen (secondary N) is 1. The summed E-state index contributed by atoms with van der Waals surface area (Å²) in [7, 11) is 1.73. The molecule has 1 saturated heterocycles. The molecule has 1 aromatic rings. The molecule has 1 N–H and O–H groups in total. The van der Waals surface area contributed by atoms with Gasteiger partial charge in [-0.2, -0.15) is 10.1 Å². The van der Waals surface area contributed by atoms with Gasteiger partial charge in [0.25, 0.3) is 17.7 Å². The third kappa shape index (κ3) is 1.86. The average molecular weight is 405 g/mol. The predicted octanol–water partition coefficient (Wildman–Crippen LogP) is 1.19. The van der Waals surface area contributed by atoms with Crippen LogP contribution in [0, 0.1) is 42.4 Å². The van der Waals surface area contributed by atoms with E-state index in [9.17, 15) is 14.4 Å². The number of rotatable bonds is 2. The minimum absolute atomic E-state index is 0.141. The number of carbonyl (C=O) groups excluding carboxylic acids is 3. The van der Waals surface area contributed by atoms with E-state index in [0.29, 0.717) is 16.3 Å². The molecule has 3 fully saturated rings. The van der Waals surface area contributed by atoms with Crippen LogP contribution in [-0.4, -0.2) is 32.5 Å². The van der Waals surface area contributed by atoms with Gasteiger partial charge in [0.1, 0.15) is 0 Å². The summed E-state index contributed by atoms with van der Waals surface area (Å²) in [5, 5.41) is 5.09. The first-order valence-corrected chi connectivity index (χ1v) is 9.25. The lowest BCUT2D eigenvalue weighted by molar-refractivity contribution is -0.143. The Morgan fingerprint density at radius 3 is 2.24 bits per heavy atom. The molecule has 130 valence electrons. The Kier molecular flexibility index (Phi) is 2.94. The second-order valence-electron chi connectivity index (χ2n) is 7.48. The molecule has 1 aliphatic heterocycles. The maximum absolute atomic E-state index is 12.8. The van der Waals surface area contributed by atoms with Crippen molar-refractivity contribution in [1.29, 1.82) is 0 Å². The van der Waals surface area contributed by atoms with Gasteiger partial charge in [-0.15, -0.1) is 0 Å². The molecule has 7 nitrogen and oxygen atoms in total. The molecule has 6 rings (SSSR count). The summed E-state index contributed by atoms with van der Waals surface area (Å²) in [6, 6.07) is 0. The number of hydrogen-bond acceptors (Lipinski definition) is 4. The Hall–Kier alpha value is -1.96. The highest BCUT2D eigenvalue weighted by molar-refractivity contribution is 9.10. The zero-order valence-electron chi connectivity index (χ0n) is 13.8. The van der Waals surface area contributed by atoms with E-state index in [0.717, 1.165) is 17.1 Å². The zero-order chi connectivity index (χ0) is 17.6. The maximum atomic E-state index is 12.8. The summed E-state index contributed by atoms with van der Waals surface area (Å²) < 4.78 is 2.14. The molecule has 0 unspecified atom stereocenters. The van der Waals surface area contributed by atoms with Gasteiger partial charge in [0.2, 0.25) is 0 Å². The summed E-state index contributed by atoms with van der Waals surface area (Å²) in [6.07, 6.45) is 5.33. The number of allylic oxidation sites excluding steroid dienone is 2. The Labute approximate surface area is 152 Å². The van der Waals surface area contributed by atoms with Crippen LogP contribution in [-0.2, 0) is 16.6 Å². The number of amides is 3. The number of nitrogens with zero attached hydrogens (tertiary/aromatic N) is 3. The average Bonchev–Trinajstić information content (AvgIpc) is 3.34. The molecule has 1 aromatic heterocycles. The molecule has 2 bridgehead atoms. The van der Waals surface area contributed by atoms with Crippen molar-refractivity contribution >= 4 is 33.7 Å². The zero-order valence-corrected chi connectivity index (χ0v) is 15.4. The fourth-order valence-electron chi connectivity index (χ4n) is 4.95. The van der Waals surface area contributed by atoms with Crippen molar-refractivity contribution in [2.45, 2.75) is 13.3 Å². The molecule has 2 heterocycles. The summed E-state index contributed by atoms with van der Waals surface area (Å²) >= 11 is 3.34. The van der Waals surface area contributed by atoms with Crippen LogP contribution < -0.4 is 5.43 Å². The fourth-order valence-corrected chi connectivity index (χ4v) is 5.47. The molecule has 3 amide bonds. The highest BCUT2D eigenvalue weighted by Crippen LogP contribution is 2.65. The quantitative estimate of drug-likeness (QED) is 0.592. The van der Waals surface area contributed by atoms with E-state index in [1.54, 1.807) is 11.7 Å². The molecule has 0 aromatic carbocycles. The number of carbonyl (C=O) groups is 3. The maximum Gasteiger partial charge on any atom is 0.291 e. The van der Waals surface area contributed by atoms with E-state index in [4.69, 9.17) is 0 Å². The van der Waals surface area contributed by atoms with Crippen LogP contribution in [0.1, 0.15) is 22.6 Å². The highest BCUT2D eigenvalue weighted by atomic mass is 79.9. The van der Waals surface area contributed by atoms with E-state index >= 15 is 0 Å². The van der Waals surface area contributed by atoms with Crippen LogP contribution in [0.4, 0.5) is 0 Å². The van der Waals surface area contributed by atoms with Gasteiger partial charge >= 0.3 is 0 Å². The minimum atomic E-state index is -0.554. The van der Waals surface area contributed by atoms with Gasteiger partial charge < -0.3 is 0 Å². The minimum Gasteiger partial charge on any atom is -0.272 e. The largest absolute Gasteiger partial charge is 0.291 e. The van der Waals surface area contributed by atoms with Crippen LogP contribution in [0.3, 0.4) is 0 Å². The molecule has 0 radical (unpaired) electrons. The first-order chi connectivity index (χ1) is 11.9. The van der Waals surface area contributed by atoms with E-state index in [1.807, 2.05) is 6.92 Å². The van der Waals surface area contributed by atoms with Crippen molar-refractivity contribution in [2.24, 2.45) is 42.6 Å². The van der Waals surface area contributed by atoms with E-state index in [2.05, 4.69) is 38.6 Å². The van der Waals surface area contributed by atoms with Crippen molar-refractivity contribution < 1.29 is 14.4 Å². The predicted molar refractivity (Wildman–Crippen MR) is 89.7 cm³/mol. The Bertz CT molecular complexity index is 839. The molecule has 4 aliphatic carbocycles. The second kappa shape index (κ2) is 4.81. The van der Waals surface area contributed by atoms with Crippen molar-refractivity contribution in [3.8, 4) is 0 Å². The standard InChI is InChI=1S/C17H17BrN4O3/c1-6-13(18)14(19-21(6)2)15(23)20-22-16(24)11-7-3-4-8(10-5-9(7)10)12(11)17(22)25/h3-4,7-12H,5H2,1-2H3,(H,20,23)/t7-,8-,9-,10-,11-,12+/m0/s1. The lowest BCUT2D eigenvalue weighted by Gasteiger charge is -2.37. The van der Waals surface area contributed by atoms with Gasteiger partial charge in [-0.3, -0.25) is 24.5 Å². The second-order valence-corrected chi connectivity index (χ2v) is 8.27. The molecule has 0 spiro atoms. The molecule has 25 heavy (non-hydrogen) atoms. The van der Waals surface area contributed by atoms with Crippen LogP contribution in [0.5, 0.6) is 0 Å². The number of halogens is 1. The molecule has 6 atom stereocenters. The van der Waals surface area contributed by atoms with Crippen molar-refractivity contribution in [3.63, 3.8) is 0 Å². The van der Waals surface area contributed by atoms with Gasteiger partial charge in [0.15, 0.2) is 5.69 Å². The SMILES string of the molecule is Cc1c(Br)c(C(=O)NN2C(=O)[C@@H]3[C@H]4C=C[C@@H]([C@@H]5C[C@@H]45)[C@@H]3C2=O)nn1C. The highest BCUT2D eigenvalue weighted by Gasteiger charge is 2.67. The van der Waals surface area contributed by atoms with E-state index in [1.165, 1.54) is 0 Å². The topological polar surface area (TPSA) is 84.3 Å². The first-order valence-electron chi connectivity index (χ1n) is 8.46. The van der Waals surface area contributed by atoms with Crippen LogP contribution in [0.2, 0.25) is 0 Å². The normalized spacial score (nSPS) is 37.3. The smallest absolute Gasteiger partial charge is 0.272 e. The van der Waals surface area contributed by atoms with Crippen molar-refractivity contribution in [1.82, 2.24) is 20.2 Å². The lowest BCUT2D eigenvalue weighted by Crippen LogP contribution is -2.47. The molecule has 8 heteroatoms. The summed E-state index contributed by atoms with van der Waals surface area (Å²) in [4.78, 5) is 38.3. The summed E-state index contributed by atoms with van der Waals surface area (Å²) in [5.74, 6) is -0.396. The number of hydrazine groups is 1. The Morgan fingerprint density at radius 2 is 1.76 bits per heavy atom. The number of hydrogen-bond donors (Lipinski definition) is 1. The monoisotopic (exact) mass is 404 g/mol. The molecular formula is C17H17BrN4O3. The van der Waals surface area contributed by atoms with Crippen molar-refractivity contribution in [3.05, 3.63) is 28.0 Å². The van der Waals surface area contributed by atoms with E-state index in [-0.39, 0.29) is 41.2 Å². The number of aromatic nitrogens is 2. The van der Waals surface area contributed by atoms with Crippen LogP contribution in [0.15, 0.2) is 16.6 Å².